The number of para-hydroxylation sites is 1. The van der Waals surface area contributed by atoms with Gasteiger partial charge in [0.2, 0.25) is 0 Å². The van der Waals surface area contributed by atoms with Crippen LogP contribution < -0.4 is 4.90 Å². The number of nitrogens with zero attached hydrogens (tertiary/aromatic N) is 1. The van der Waals surface area contributed by atoms with E-state index in [1.807, 2.05) is 0 Å². The predicted molar refractivity (Wildman–Crippen MR) is 205 cm³/mol. The Kier molecular flexibility index (Phi) is 6.55. The molecule has 8 aromatic rings. The van der Waals surface area contributed by atoms with E-state index in [0.717, 1.165) is 11.4 Å². The minimum Gasteiger partial charge on any atom is -0.309 e. The Bertz CT molecular complexity index is 2480. The Balaban J connectivity index is 1.23. The highest BCUT2D eigenvalue weighted by molar-refractivity contribution is 5.99. The highest BCUT2D eigenvalue weighted by atomic mass is 15.1. The number of anilines is 3. The van der Waals surface area contributed by atoms with E-state index in [0.29, 0.717) is 0 Å². The van der Waals surface area contributed by atoms with E-state index >= 15 is 0 Å². The summed E-state index contributed by atoms with van der Waals surface area (Å²) in [7, 11) is 0. The van der Waals surface area contributed by atoms with Crippen molar-refractivity contribution in [3.63, 3.8) is 0 Å². The van der Waals surface area contributed by atoms with Gasteiger partial charge in [-0.2, -0.15) is 0 Å². The van der Waals surface area contributed by atoms with Crippen LogP contribution in [0.3, 0.4) is 0 Å². The Morgan fingerprint density at radius 2 is 0.917 bits per heavy atom. The Morgan fingerprint density at radius 1 is 0.375 bits per heavy atom. The molecule has 228 valence electrons. The van der Waals surface area contributed by atoms with Crippen molar-refractivity contribution in [1.82, 2.24) is 0 Å². The molecule has 1 heteroatoms. The van der Waals surface area contributed by atoms with Gasteiger partial charge in [0.1, 0.15) is 0 Å². The number of fused-ring (bicyclic) bond motifs is 5. The molecular weight excluding hydrogens is 579 g/mol. The average molecular weight is 614 g/mol. The van der Waals surface area contributed by atoms with Gasteiger partial charge < -0.3 is 4.90 Å². The minimum atomic E-state index is -0.0882. The Morgan fingerprint density at radius 3 is 1.69 bits per heavy atom. The van der Waals surface area contributed by atoms with Crippen molar-refractivity contribution >= 4 is 38.6 Å². The van der Waals surface area contributed by atoms with Crippen LogP contribution in [0.15, 0.2) is 176 Å². The third-order valence-electron chi connectivity index (χ3n) is 10.2. The topological polar surface area (TPSA) is 3.24 Å². The van der Waals surface area contributed by atoms with Crippen molar-refractivity contribution in [3.8, 4) is 33.4 Å². The molecule has 0 N–H and O–H groups in total. The highest BCUT2D eigenvalue weighted by Gasteiger charge is 2.37. The molecule has 0 amide bonds. The van der Waals surface area contributed by atoms with Crippen molar-refractivity contribution in [1.29, 1.82) is 0 Å². The Labute approximate surface area is 282 Å². The fraction of sp³-hybridized carbons (Fsp3) is 0.0638. The van der Waals surface area contributed by atoms with Gasteiger partial charge in [-0.25, -0.2) is 0 Å². The molecule has 1 nitrogen and oxygen atoms in total. The van der Waals surface area contributed by atoms with Gasteiger partial charge in [-0.15, -0.1) is 0 Å². The van der Waals surface area contributed by atoms with Crippen molar-refractivity contribution in [2.75, 3.05) is 4.90 Å². The summed E-state index contributed by atoms with van der Waals surface area (Å²) in [6.07, 6.45) is 0. The molecule has 0 spiro atoms. The lowest BCUT2D eigenvalue weighted by molar-refractivity contribution is 0.660. The van der Waals surface area contributed by atoms with Gasteiger partial charge in [0.25, 0.3) is 0 Å². The first kappa shape index (κ1) is 28.3. The van der Waals surface area contributed by atoms with E-state index < -0.39 is 0 Å². The van der Waals surface area contributed by atoms with E-state index in [-0.39, 0.29) is 5.41 Å². The number of hydrogen-bond donors (Lipinski definition) is 0. The summed E-state index contributed by atoms with van der Waals surface area (Å²) < 4.78 is 0. The standard InChI is InChI=1S/C47H35N/c1-47(2)42-18-9-7-17-41(42)46-43(47)19-11-21-45(46)48(39-29-28-33-13-4-6-15-37(33)31-39)44-20-10-8-16-40(44)35-25-22-34(23-26-35)38-27-24-32-12-3-5-14-36(32)30-38/h3-31H,1-2H3. The lowest BCUT2D eigenvalue weighted by Gasteiger charge is -2.30. The summed E-state index contributed by atoms with van der Waals surface area (Å²) in [6, 6.07) is 64.5. The van der Waals surface area contributed by atoms with Crippen LogP contribution in [-0.4, -0.2) is 0 Å². The van der Waals surface area contributed by atoms with Gasteiger partial charge in [-0.05, 0) is 85.3 Å². The van der Waals surface area contributed by atoms with Gasteiger partial charge in [-0.3, -0.25) is 0 Å². The van der Waals surface area contributed by atoms with Crippen molar-refractivity contribution in [2.24, 2.45) is 0 Å². The first-order valence-electron chi connectivity index (χ1n) is 16.8. The predicted octanol–water partition coefficient (Wildman–Crippen LogP) is 13.1. The zero-order chi connectivity index (χ0) is 32.2. The second-order valence-electron chi connectivity index (χ2n) is 13.4. The molecule has 1 aliphatic carbocycles. The minimum absolute atomic E-state index is 0.0882. The lowest BCUT2D eigenvalue weighted by atomic mass is 9.82. The SMILES string of the molecule is CC1(C)c2ccccc2-c2c(N(c3ccc4ccccc4c3)c3ccccc3-c3ccc(-c4ccc5ccccc5c4)cc3)cccc21. The molecular formula is C47H35N. The third kappa shape index (κ3) is 4.54. The fourth-order valence-corrected chi connectivity index (χ4v) is 7.77. The van der Waals surface area contributed by atoms with Crippen LogP contribution in [0.2, 0.25) is 0 Å². The first-order chi connectivity index (χ1) is 23.6. The van der Waals surface area contributed by atoms with E-state index in [2.05, 4.69) is 195 Å². The summed E-state index contributed by atoms with van der Waals surface area (Å²) in [5.41, 5.74) is 13.6. The summed E-state index contributed by atoms with van der Waals surface area (Å²) in [6.45, 7) is 4.71. The quantitative estimate of drug-likeness (QED) is 0.187. The number of hydrogen-bond acceptors (Lipinski definition) is 1. The van der Waals surface area contributed by atoms with Gasteiger partial charge in [0, 0.05) is 22.2 Å². The van der Waals surface area contributed by atoms with Crippen molar-refractivity contribution < 1.29 is 0 Å². The molecule has 8 aromatic carbocycles. The molecule has 48 heavy (non-hydrogen) atoms. The largest absolute Gasteiger partial charge is 0.309 e. The lowest BCUT2D eigenvalue weighted by Crippen LogP contribution is -2.16. The monoisotopic (exact) mass is 613 g/mol. The molecule has 0 aromatic heterocycles. The Hall–Kier alpha value is -5.92. The van der Waals surface area contributed by atoms with Crippen molar-refractivity contribution in [3.05, 3.63) is 187 Å². The summed E-state index contributed by atoms with van der Waals surface area (Å²) in [5, 5.41) is 4.99. The van der Waals surface area contributed by atoms with Gasteiger partial charge >= 0.3 is 0 Å². The van der Waals surface area contributed by atoms with Gasteiger partial charge in [-0.1, -0.05) is 159 Å². The molecule has 9 rings (SSSR count). The third-order valence-corrected chi connectivity index (χ3v) is 10.2. The zero-order valence-electron chi connectivity index (χ0n) is 27.2. The molecule has 0 unspecified atom stereocenters. The average Bonchev–Trinajstić information content (AvgIpc) is 3.38. The van der Waals surface area contributed by atoms with Crippen LogP contribution in [-0.2, 0) is 5.41 Å². The summed E-state index contributed by atoms with van der Waals surface area (Å²) >= 11 is 0. The fourth-order valence-electron chi connectivity index (χ4n) is 7.77. The van der Waals surface area contributed by atoms with Crippen LogP contribution in [0.5, 0.6) is 0 Å². The van der Waals surface area contributed by atoms with Gasteiger partial charge in [0.05, 0.1) is 11.4 Å². The van der Waals surface area contributed by atoms with Crippen molar-refractivity contribution in [2.45, 2.75) is 19.3 Å². The molecule has 0 saturated heterocycles. The molecule has 0 bridgehead atoms. The number of benzene rings is 8. The van der Waals surface area contributed by atoms with E-state index in [9.17, 15) is 0 Å². The van der Waals surface area contributed by atoms with Crippen LogP contribution in [0.1, 0.15) is 25.0 Å². The highest BCUT2D eigenvalue weighted by Crippen LogP contribution is 2.55. The van der Waals surface area contributed by atoms with E-state index in [1.165, 1.54) is 71.7 Å². The smallest absolute Gasteiger partial charge is 0.0543 e. The molecule has 1 aliphatic rings. The maximum absolute atomic E-state index is 2.48. The normalized spacial score (nSPS) is 13.0. The molecule has 0 atom stereocenters. The maximum atomic E-state index is 2.48. The summed E-state index contributed by atoms with van der Waals surface area (Å²) in [5.74, 6) is 0. The zero-order valence-corrected chi connectivity index (χ0v) is 27.2. The van der Waals surface area contributed by atoms with E-state index in [4.69, 9.17) is 0 Å². The van der Waals surface area contributed by atoms with Crippen LogP contribution >= 0.6 is 0 Å². The molecule has 0 saturated carbocycles. The molecule has 0 aliphatic heterocycles. The summed E-state index contributed by atoms with van der Waals surface area (Å²) in [4.78, 5) is 2.48. The molecule has 0 fully saturated rings. The molecule has 0 heterocycles. The second-order valence-corrected chi connectivity index (χ2v) is 13.4. The first-order valence-corrected chi connectivity index (χ1v) is 16.8. The number of rotatable bonds is 5. The van der Waals surface area contributed by atoms with Gasteiger partial charge in [0.15, 0.2) is 0 Å². The molecule has 0 radical (unpaired) electrons. The van der Waals surface area contributed by atoms with Crippen LogP contribution in [0, 0.1) is 0 Å². The van der Waals surface area contributed by atoms with Crippen LogP contribution in [0.25, 0.3) is 54.9 Å². The van der Waals surface area contributed by atoms with Crippen LogP contribution in [0.4, 0.5) is 17.1 Å². The van der Waals surface area contributed by atoms with E-state index in [1.54, 1.807) is 0 Å². The maximum Gasteiger partial charge on any atom is 0.0543 e. The second kappa shape index (κ2) is 11.1.